The van der Waals surface area contributed by atoms with Gasteiger partial charge >= 0.3 is 6.03 Å². The molecule has 0 atom stereocenters. The second kappa shape index (κ2) is 4.65. The molecule has 0 aliphatic heterocycles. The lowest BCUT2D eigenvalue weighted by atomic mass is 10.2. The molecule has 0 bridgehead atoms. The van der Waals surface area contributed by atoms with Crippen molar-refractivity contribution in [3.63, 3.8) is 0 Å². The van der Waals surface area contributed by atoms with E-state index in [0.717, 1.165) is 5.01 Å². The van der Waals surface area contributed by atoms with Gasteiger partial charge in [0.05, 0.1) is 5.29 Å². The minimum absolute atomic E-state index is 0.374. The van der Waals surface area contributed by atoms with Crippen molar-refractivity contribution in [1.29, 1.82) is 0 Å². The second-order valence-corrected chi connectivity index (χ2v) is 2.69. The maximum atomic E-state index is 10.8. The lowest BCUT2D eigenvalue weighted by Crippen LogP contribution is -2.35. The summed E-state index contributed by atoms with van der Waals surface area (Å²) in [5.41, 5.74) is 0. The molecule has 0 saturated heterocycles. The van der Waals surface area contributed by atoms with E-state index in [1.807, 2.05) is 13.8 Å². The summed E-state index contributed by atoms with van der Waals surface area (Å²) in [4.78, 5) is 20.6. The maximum Gasteiger partial charge on any atom is 0.340 e. The van der Waals surface area contributed by atoms with Crippen molar-refractivity contribution in [1.82, 2.24) is 10.3 Å². The van der Waals surface area contributed by atoms with E-state index < -0.39 is 6.03 Å². The summed E-state index contributed by atoms with van der Waals surface area (Å²) in [6, 6.07) is -0.464. The number of hydrogen-bond acceptors (Lipinski definition) is 3. The number of nitroso groups, excluding NO2 is 1. The SMILES string of the molecule is CC(C)CNC(=O)N(C)N=O. The van der Waals surface area contributed by atoms with E-state index in [9.17, 15) is 9.70 Å². The molecule has 5 heteroatoms. The number of nitrogens with one attached hydrogen (secondary N) is 1. The quantitative estimate of drug-likeness (QED) is 0.492. The Kier molecular flexibility index (Phi) is 4.17. The van der Waals surface area contributed by atoms with Gasteiger partial charge in [-0.2, -0.15) is 5.01 Å². The smallest absolute Gasteiger partial charge is 0.336 e. The number of hydrogen-bond donors (Lipinski definition) is 1. The fourth-order valence-electron chi connectivity index (χ4n) is 0.443. The first kappa shape index (κ1) is 9.87. The third-order valence-electron chi connectivity index (χ3n) is 1.08. The predicted molar refractivity (Wildman–Crippen MR) is 41.8 cm³/mol. The van der Waals surface area contributed by atoms with Gasteiger partial charge in [0, 0.05) is 13.6 Å². The van der Waals surface area contributed by atoms with Crippen LogP contribution in [0.4, 0.5) is 4.79 Å². The molecule has 0 aliphatic rings. The van der Waals surface area contributed by atoms with Crippen LogP contribution in [-0.2, 0) is 0 Å². The number of urea groups is 1. The number of carbonyl (C=O) groups excluding carboxylic acids is 1. The first-order chi connectivity index (χ1) is 5.07. The van der Waals surface area contributed by atoms with E-state index >= 15 is 0 Å². The highest BCUT2D eigenvalue weighted by molar-refractivity contribution is 5.73. The van der Waals surface area contributed by atoms with Crippen LogP contribution in [0.15, 0.2) is 5.29 Å². The standard InChI is InChI=1S/C6H13N3O2/c1-5(2)4-7-6(10)9(3)8-11/h5H,4H2,1-3H3,(H,7,10). The van der Waals surface area contributed by atoms with Crippen molar-refractivity contribution in [3.05, 3.63) is 4.91 Å². The Balaban J connectivity index is 3.60. The lowest BCUT2D eigenvalue weighted by molar-refractivity contribution is 0.208. The second-order valence-electron chi connectivity index (χ2n) is 2.69. The Morgan fingerprint density at radius 1 is 1.64 bits per heavy atom. The summed E-state index contributed by atoms with van der Waals surface area (Å²) in [6.07, 6.45) is 0. The molecule has 0 unspecified atom stereocenters. The zero-order chi connectivity index (χ0) is 8.85. The summed E-state index contributed by atoms with van der Waals surface area (Å²) in [5, 5.41) is 5.69. The lowest BCUT2D eigenvalue weighted by Gasteiger charge is -2.10. The molecule has 0 heterocycles. The van der Waals surface area contributed by atoms with Crippen molar-refractivity contribution >= 4 is 6.03 Å². The molecule has 0 rings (SSSR count). The highest BCUT2D eigenvalue weighted by Crippen LogP contribution is 1.89. The van der Waals surface area contributed by atoms with Gasteiger partial charge in [-0.3, -0.25) is 0 Å². The van der Waals surface area contributed by atoms with Crippen molar-refractivity contribution in [2.75, 3.05) is 13.6 Å². The van der Waals surface area contributed by atoms with Crippen molar-refractivity contribution < 1.29 is 4.79 Å². The van der Waals surface area contributed by atoms with Crippen LogP contribution in [-0.4, -0.2) is 24.6 Å². The van der Waals surface area contributed by atoms with Gasteiger partial charge in [-0.1, -0.05) is 13.8 Å². The van der Waals surface area contributed by atoms with Gasteiger partial charge in [0.2, 0.25) is 0 Å². The van der Waals surface area contributed by atoms with E-state index in [0.29, 0.717) is 12.5 Å². The van der Waals surface area contributed by atoms with Crippen LogP contribution in [0.2, 0.25) is 0 Å². The number of amides is 2. The average Bonchev–Trinajstić information content (AvgIpc) is 1.98. The van der Waals surface area contributed by atoms with E-state index in [-0.39, 0.29) is 0 Å². The monoisotopic (exact) mass is 159 g/mol. The molecule has 0 aromatic rings. The first-order valence-corrected chi connectivity index (χ1v) is 3.42. The van der Waals surface area contributed by atoms with Gasteiger partial charge in [0.25, 0.3) is 0 Å². The molecule has 0 saturated carbocycles. The fraction of sp³-hybridized carbons (Fsp3) is 0.833. The predicted octanol–water partition coefficient (Wildman–Crippen LogP) is 0.965. The third-order valence-corrected chi connectivity index (χ3v) is 1.08. The third kappa shape index (κ3) is 4.30. The largest absolute Gasteiger partial charge is 0.340 e. The van der Waals surface area contributed by atoms with Crippen LogP contribution in [0.1, 0.15) is 13.8 Å². The van der Waals surface area contributed by atoms with Crippen molar-refractivity contribution in [2.45, 2.75) is 13.8 Å². The normalized spacial score (nSPS) is 9.45. The van der Waals surface area contributed by atoms with Gasteiger partial charge in [-0.15, -0.1) is 4.91 Å². The highest BCUT2D eigenvalue weighted by Gasteiger charge is 2.06. The molecular formula is C6H13N3O2. The molecule has 0 aromatic carbocycles. The van der Waals surface area contributed by atoms with Gasteiger partial charge < -0.3 is 5.32 Å². The van der Waals surface area contributed by atoms with E-state index in [4.69, 9.17) is 0 Å². The molecule has 64 valence electrons. The Hall–Kier alpha value is -1.13. The van der Waals surface area contributed by atoms with Crippen molar-refractivity contribution in [2.24, 2.45) is 11.2 Å². The molecule has 0 fully saturated rings. The molecule has 0 aliphatic carbocycles. The van der Waals surface area contributed by atoms with E-state index in [2.05, 4.69) is 10.6 Å². The Morgan fingerprint density at radius 2 is 2.18 bits per heavy atom. The summed E-state index contributed by atoms with van der Waals surface area (Å²) in [6.45, 7) is 4.49. The van der Waals surface area contributed by atoms with Gasteiger partial charge in [-0.05, 0) is 5.92 Å². The van der Waals surface area contributed by atoms with Crippen LogP contribution in [0, 0.1) is 10.8 Å². The zero-order valence-electron chi connectivity index (χ0n) is 7.00. The summed E-state index contributed by atoms with van der Waals surface area (Å²) >= 11 is 0. The summed E-state index contributed by atoms with van der Waals surface area (Å²) < 4.78 is 0. The van der Waals surface area contributed by atoms with E-state index in [1.54, 1.807) is 0 Å². The molecular weight excluding hydrogens is 146 g/mol. The number of carbonyl (C=O) groups is 1. The zero-order valence-corrected chi connectivity index (χ0v) is 7.00. The van der Waals surface area contributed by atoms with Crippen LogP contribution < -0.4 is 5.32 Å². The molecule has 11 heavy (non-hydrogen) atoms. The van der Waals surface area contributed by atoms with Crippen LogP contribution in [0.25, 0.3) is 0 Å². The maximum absolute atomic E-state index is 10.8. The van der Waals surface area contributed by atoms with Gasteiger partial charge in [-0.25, -0.2) is 4.79 Å². The number of nitrogens with zero attached hydrogens (tertiary/aromatic N) is 2. The van der Waals surface area contributed by atoms with Gasteiger partial charge in [0.15, 0.2) is 0 Å². The molecule has 0 aromatic heterocycles. The average molecular weight is 159 g/mol. The molecule has 0 radical (unpaired) electrons. The molecule has 0 spiro atoms. The molecule has 2 amide bonds. The Labute approximate surface area is 65.7 Å². The van der Waals surface area contributed by atoms with E-state index in [1.165, 1.54) is 7.05 Å². The molecule has 5 nitrogen and oxygen atoms in total. The minimum atomic E-state index is -0.464. The first-order valence-electron chi connectivity index (χ1n) is 3.42. The molecule has 1 N–H and O–H groups in total. The van der Waals surface area contributed by atoms with Crippen molar-refractivity contribution in [3.8, 4) is 0 Å². The summed E-state index contributed by atoms with van der Waals surface area (Å²) in [7, 11) is 1.31. The van der Waals surface area contributed by atoms with Crippen LogP contribution >= 0.6 is 0 Å². The fourth-order valence-corrected chi connectivity index (χ4v) is 0.443. The number of rotatable bonds is 3. The highest BCUT2D eigenvalue weighted by atomic mass is 16.3. The Morgan fingerprint density at radius 3 is 2.55 bits per heavy atom. The Bertz CT molecular complexity index is 147. The topological polar surface area (TPSA) is 61.8 Å². The summed E-state index contributed by atoms with van der Waals surface area (Å²) in [5.74, 6) is 0.374. The van der Waals surface area contributed by atoms with Gasteiger partial charge in [0.1, 0.15) is 0 Å². The van der Waals surface area contributed by atoms with Crippen LogP contribution in [0.5, 0.6) is 0 Å². The van der Waals surface area contributed by atoms with Crippen LogP contribution in [0.3, 0.4) is 0 Å². The minimum Gasteiger partial charge on any atom is -0.336 e.